The normalized spacial score (nSPS) is 14.5. The van der Waals surface area contributed by atoms with E-state index in [9.17, 15) is 13.8 Å². The molecule has 0 saturated heterocycles. The first kappa shape index (κ1) is 14.6. The van der Waals surface area contributed by atoms with Gasteiger partial charge in [0.2, 0.25) is 14.0 Å². The summed E-state index contributed by atoms with van der Waals surface area (Å²) >= 11 is 0. The second-order valence-corrected chi connectivity index (χ2v) is 5.08. The quantitative estimate of drug-likeness (QED) is 0.611. The van der Waals surface area contributed by atoms with Gasteiger partial charge in [-0.05, 0) is 0 Å². The number of alkyl halides is 1. The van der Waals surface area contributed by atoms with E-state index >= 15 is 0 Å². The van der Waals surface area contributed by atoms with Crippen molar-refractivity contribution in [3.05, 3.63) is 16.7 Å². The van der Waals surface area contributed by atoms with Gasteiger partial charge in [0, 0.05) is 0 Å². The van der Waals surface area contributed by atoms with Gasteiger partial charge in [-0.1, -0.05) is 0 Å². The molecule has 0 aliphatic carbocycles. The van der Waals surface area contributed by atoms with E-state index in [1.807, 2.05) is 0 Å². The predicted molar refractivity (Wildman–Crippen MR) is 69.5 cm³/mol. The second kappa shape index (κ2) is 6.12. The maximum atomic E-state index is 12.8. The van der Waals surface area contributed by atoms with Crippen molar-refractivity contribution >= 4 is 25.1 Å². The molecule has 0 amide bonds. The molecule has 11 heteroatoms. The third kappa shape index (κ3) is 3.21. The van der Waals surface area contributed by atoms with Crippen LogP contribution in [-0.4, -0.2) is 43.5 Å². The smallest absolute Gasteiger partial charge is 0.280 e. The van der Waals surface area contributed by atoms with Crippen molar-refractivity contribution in [3.8, 4) is 0 Å². The van der Waals surface area contributed by atoms with E-state index in [4.69, 9.17) is 15.4 Å². The molecule has 110 valence electrons. The number of nitrogens with one attached hydrogen (secondary N) is 1. The van der Waals surface area contributed by atoms with Crippen molar-refractivity contribution in [1.82, 2.24) is 19.5 Å². The first-order valence-electron chi connectivity index (χ1n) is 5.61. The number of hydrogen-bond donors (Lipinski definition) is 3. The fourth-order valence-corrected chi connectivity index (χ4v) is 2.04. The van der Waals surface area contributed by atoms with Crippen LogP contribution in [0.2, 0.25) is 0 Å². The van der Waals surface area contributed by atoms with E-state index in [1.165, 1.54) is 10.9 Å². The SMILES string of the molecule is Nc1nc2c(ncn2C[C@@H](CF)OC[PH](=O)O)c(=O)[nH]1. The molecule has 9 nitrogen and oxygen atoms in total. The van der Waals surface area contributed by atoms with E-state index in [2.05, 4.69) is 15.0 Å². The number of rotatable bonds is 6. The molecule has 0 bridgehead atoms. The fourth-order valence-electron chi connectivity index (χ4n) is 1.66. The third-order valence-electron chi connectivity index (χ3n) is 2.51. The molecule has 20 heavy (non-hydrogen) atoms. The van der Waals surface area contributed by atoms with Gasteiger partial charge in [0.1, 0.15) is 19.1 Å². The summed E-state index contributed by atoms with van der Waals surface area (Å²) in [6.45, 7) is -0.856. The van der Waals surface area contributed by atoms with Gasteiger partial charge in [0.15, 0.2) is 11.2 Å². The van der Waals surface area contributed by atoms with E-state index in [0.29, 0.717) is 0 Å². The second-order valence-electron chi connectivity index (χ2n) is 4.00. The number of H-pyrrole nitrogens is 1. The van der Waals surface area contributed by atoms with E-state index in [-0.39, 0.29) is 23.7 Å². The molecule has 0 aliphatic rings. The topological polar surface area (TPSA) is 136 Å². The molecule has 2 heterocycles. The first-order chi connectivity index (χ1) is 9.51. The van der Waals surface area contributed by atoms with Crippen molar-refractivity contribution in [2.45, 2.75) is 12.6 Å². The maximum Gasteiger partial charge on any atom is 0.280 e. The fraction of sp³-hybridized carbons (Fsp3) is 0.444. The number of anilines is 1. The lowest BCUT2D eigenvalue weighted by atomic mass is 10.4. The summed E-state index contributed by atoms with van der Waals surface area (Å²) in [5, 5.41) is 0. The lowest BCUT2D eigenvalue weighted by Gasteiger charge is -2.14. The average molecular weight is 305 g/mol. The zero-order valence-electron chi connectivity index (χ0n) is 10.2. The molecular formula is C9H13FN5O4P. The van der Waals surface area contributed by atoms with E-state index in [0.717, 1.165) is 0 Å². The minimum absolute atomic E-state index is 0.00194. The third-order valence-corrected chi connectivity index (χ3v) is 2.92. The number of halogens is 1. The number of nitrogens with zero attached hydrogens (tertiary/aromatic N) is 3. The van der Waals surface area contributed by atoms with E-state index in [1.54, 1.807) is 0 Å². The summed E-state index contributed by atoms with van der Waals surface area (Å²) in [6.07, 6.45) is -0.0570. The molecule has 2 aromatic heterocycles. The van der Waals surface area contributed by atoms with Gasteiger partial charge in [0.05, 0.1) is 12.9 Å². The number of fused-ring (bicyclic) bond motifs is 1. The Morgan fingerprint density at radius 3 is 3.05 bits per heavy atom. The molecule has 0 radical (unpaired) electrons. The number of imidazole rings is 1. The minimum Gasteiger partial charge on any atom is -0.369 e. The zero-order valence-corrected chi connectivity index (χ0v) is 11.2. The zero-order chi connectivity index (χ0) is 14.7. The molecule has 2 aromatic rings. The van der Waals surface area contributed by atoms with Crippen LogP contribution in [0.4, 0.5) is 10.3 Å². The molecule has 0 saturated carbocycles. The monoisotopic (exact) mass is 305 g/mol. The summed E-state index contributed by atoms with van der Waals surface area (Å²) < 4.78 is 29.7. The van der Waals surface area contributed by atoms with Crippen LogP contribution >= 0.6 is 8.03 Å². The highest BCUT2D eigenvalue weighted by molar-refractivity contribution is 7.37. The molecule has 0 aromatic carbocycles. The lowest BCUT2D eigenvalue weighted by molar-refractivity contribution is 0.0508. The molecule has 2 rings (SSSR count). The Morgan fingerprint density at radius 2 is 2.40 bits per heavy atom. The number of ether oxygens (including phenoxy) is 1. The minimum atomic E-state index is -2.83. The van der Waals surface area contributed by atoms with Crippen molar-refractivity contribution in [2.75, 3.05) is 18.8 Å². The van der Waals surface area contributed by atoms with E-state index < -0.39 is 32.7 Å². The molecule has 4 N–H and O–H groups in total. The summed E-state index contributed by atoms with van der Waals surface area (Å²) in [6, 6.07) is 0. The molecule has 2 atom stereocenters. The van der Waals surface area contributed by atoms with Crippen LogP contribution in [0.5, 0.6) is 0 Å². The summed E-state index contributed by atoms with van der Waals surface area (Å²) in [5.41, 5.74) is 5.21. The lowest BCUT2D eigenvalue weighted by Crippen LogP contribution is -2.22. The van der Waals surface area contributed by atoms with Crippen LogP contribution in [0.15, 0.2) is 11.1 Å². The molecule has 1 unspecified atom stereocenters. The standard InChI is InChI=1S/C9H13FN5O4P/c10-1-5(19-4-20(17)18)2-15-3-12-6-7(15)13-9(11)14-8(6)16/h3,5,20H,1-2,4H2,(H,17,18)(H3,11,13,14,16)/t5-/m1/s1. The number of hydrogen-bond acceptors (Lipinski definition) is 6. The van der Waals surface area contributed by atoms with Gasteiger partial charge in [-0.2, -0.15) is 4.98 Å². The van der Waals surface area contributed by atoms with Crippen LogP contribution in [0.25, 0.3) is 11.2 Å². The average Bonchev–Trinajstić information content (AvgIpc) is 2.77. The Labute approximate surface area is 112 Å². The van der Waals surface area contributed by atoms with Gasteiger partial charge < -0.3 is 19.9 Å². The first-order valence-corrected chi connectivity index (χ1v) is 7.17. The number of aromatic nitrogens is 4. The number of nitrogens with two attached hydrogens (primary N) is 1. The number of aromatic amines is 1. The molecule has 0 spiro atoms. The highest BCUT2D eigenvalue weighted by Crippen LogP contribution is 2.15. The molecule has 0 fully saturated rings. The van der Waals surface area contributed by atoms with Gasteiger partial charge in [0.25, 0.3) is 5.56 Å². The largest absolute Gasteiger partial charge is 0.369 e. The van der Waals surface area contributed by atoms with Crippen molar-refractivity contribution in [1.29, 1.82) is 0 Å². The van der Waals surface area contributed by atoms with Crippen LogP contribution in [0, 0.1) is 0 Å². The summed E-state index contributed by atoms with van der Waals surface area (Å²) in [5.74, 6) is -0.0811. The van der Waals surface area contributed by atoms with Gasteiger partial charge >= 0.3 is 0 Å². The molecule has 0 aliphatic heterocycles. The maximum absolute atomic E-state index is 12.8. The Hall–Kier alpha value is -1.77. The summed E-state index contributed by atoms with van der Waals surface area (Å²) in [7, 11) is -2.83. The van der Waals surface area contributed by atoms with Gasteiger partial charge in [-0.25, -0.2) is 9.37 Å². The van der Waals surface area contributed by atoms with Gasteiger partial charge in [-0.15, -0.1) is 0 Å². The molecular weight excluding hydrogens is 292 g/mol. The van der Waals surface area contributed by atoms with Crippen molar-refractivity contribution < 1.29 is 18.6 Å². The van der Waals surface area contributed by atoms with Crippen LogP contribution in [0.3, 0.4) is 0 Å². The van der Waals surface area contributed by atoms with Crippen molar-refractivity contribution in [2.24, 2.45) is 0 Å². The van der Waals surface area contributed by atoms with Crippen LogP contribution in [-0.2, 0) is 15.8 Å². The Balaban J connectivity index is 2.24. The number of nitrogen functional groups attached to an aromatic ring is 1. The Bertz CT molecular complexity index is 687. The highest BCUT2D eigenvalue weighted by atomic mass is 31.1. The van der Waals surface area contributed by atoms with Crippen molar-refractivity contribution in [3.63, 3.8) is 0 Å². The summed E-state index contributed by atoms with van der Waals surface area (Å²) in [4.78, 5) is 30.3. The van der Waals surface area contributed by atoms with Crippen LogP contribution in [0.1, 0.15) is 0 Å². The van der Waals surface area contributed by atoms with Crippen LogP contribution < -0.4 is 11.3 Å². The Kier molecular flexibility index (Phi) is 4.48. The Morgan fingerprint density at radius 1 is 1.65 bits per heavy atom. The van der Waals surface area contributed by atoms with Gasteiger partial charge in [-0.3, -0.25) is 14.3 Å². The highest BCUT2D eigenvalue weighted by Gasteiger charge is 2.15. The predicted octanol–water partition coefficient (Wildman–Crippen LogP) is -0.519.